The van der Waals surface area contributed by atoms with Crippen LogP contribution in [0.2, 0.25) is 0 Å². The lowest BCUT2D eigenvalue weighted by molar-refractivity contribution is 0.585. The normalized spacial score (nSPS) is 12.4. The Bertz CT molecular complexity index is 517. The van der Waals surface area contributed by atoms with Gasteiger partial charge in [0.05, 0.1) is 11.7 Å². The molecule has 2 rings (SSSR count). The smallest absolute Gasteiger partial charge is 0.0751 e. The van der Waals surface area contributed by atoms with Gasteiger partial charge in [0, 0.05) is 5.69 Å². The molecule has 2 aromatic rings. The summed E-state index contributed by atoms with van der Waals surface area (Å²) in [6.07, 6.45) is 1.12. The number of rotatable bonds is 5. The first-order valence-corrected chi connectivity index (χ1v) is 6.94. The van der Waals surface area contributed by atoms with Gasteiger partial charge in [0.15, 0.2) is 0 Å². The van der Waals surface area contributed by atoms with Crippen molar-refractivity contribution >= 4 is 0 Å². The van der Waals surface area contributed by atoms with Crippen LogP contribution < -0.4 is 5.32 Å². The quantitative estimate of drug-likeness (QED) is 0.878. The molecule has 0 aliphatic carbocycles. The molecule has 0 saturated heterocycles. The van der Waals surface area contributed by atoms with Crippen molar-refractivity contribution in [1.82, 2.24) is 10.3 Å². The van der Waals surface area contributed by atoms with Crippen LogP contribution in [-0.2, 0) is 0 Å². The fourth-order valence-corrected chi connectivity index (χ4v) is 2.17. The van der Waals surface area contributed by atoms with E-state index in [-0.39, 0.29) is 6.04 Å². The topological polar surface area (TPSA) is 24.9 Å². The summed E-state index contributed by atoms with van der Waals surface area (Å²) in [5.74, 6) is 0. The van der Waals surface area contributed by atoms with E-state index >= 15 is 0 Å². The van der Waals surface area contributed by atoms with E-state index in [4.69, 9.17) is 0 Å². The highest BCUT2D eigenvalue weighted by atomic mass is 14.9. The lowest BCUT2D eigenvalue weighted by atomic mass is 10.0. The molecule has 1 heterocycles. The standard InChI is InChI=1S/C17H22N2/c1-4-12-18-17(15-10-8-13(2)9-11-15)16-7-5-6-14(3)19-16/h5-11,17-18H,4,12H2,1-3H3. The molecule has 1 aromatic carbocycles. The molecule has 1 unspecified atom stereocenters. The summed E-state index contributed by atoms with van der Waals surface area (Å²) in [4.78, 5) is 4.66. The zero-order chi connectivity index (χ0) is 13.7. The fraction of sp³-hybridized carbons (Fsp3) is 0.353. The number of nitrogens with one attached hydrogen (secondary N) is 1. The first-order valence-electron chi connectivity index (χ1n) is 6.94. The predicted molar refractivity (Wildman–Crippen MR) is 80.3 cm³/mol. The second-order valence-electron chi connectivity index (χ2n) is 5.00. The van der Waals surface area contributed by atoms with Crippen LogP contribution >= 0.6 is 0 Å². The van der Waals surface area contributed by atoms with E-state index in [1.165, 1.54) is 11.1 Å². The lowest BCUT2D eigenvalue weighted by Crippen LogP contribution is -2.24. The van der Waals surface area contributed by atoms with E-state index in [9.17, 15) is 0 Å². The summed E-state index contributed by atoms with van der Waals surface area (Å²) < 4.78 is 0. The fourth-order valence-electron chi connectivity index (χ4n) is 2.17. The molecule has 2 heteroatoms. The Morgan fingerprint density at radius 1 is 1.05 bits per heavy atom. The molecular weight excluding hydrogens is 232 g/mol. The Labute approximate surface area is 115 Å². The molecule has 0 amide bonds. The molecule has 1 atom stereocenters. The van der Waals surface area contributed by atoms with Crippen LogP contribution in [0, 0.1) is 13.8 Å². The van der Waals surface area contributed by atoms with Gasteiger partial charge in [-0.15, -0.1) is 0 Å². The van der Waals surface area contributed by atoms with Crippen molar-refractivity contribution in [3.05, 3.63) is 65.0 Å². The number of aromatic nitrogens is 1. The van der Waals surface area contributed by atoms with Crippen molar-refractivity contribution in [2.24, 2.45) is 0 Å². The molecule has 1 aromatic heterocycles. The van der Waals surface area contributed by atoms with Crippen LogP contribution in [0.15, 0.2) is 42.5 Å². The van der Waals surface area contributed by atoms with E-state index in [0.29, 0.717) is 0 Å². The van der Waals surface area contributed by atoms with E-state index in [1.807, 2.05) is 13.0 Å². The van der Waals surface area contributed by atoms with Crippen molar-refractivity contribution < 1.29 is 0 Å². The van der Waals surface area contributed by atoms with Gasteiger partial charge >= 0.3 is 0 Å². The van der Waals surface area contributed by atoms with Crippen LogP contribution in [0.1, 0.15) is 41.9 Å². The third-order valence-electron chi connectivity index (χ3n) is 3.21. The summed E-state index contributed by atoms with van der Waals surface area (Å²) >= 11 is 0. The second kappa shape index (κ2) is 6.48. The van der Waals surface area contributed by atoms with Gasteiger partial charge in [-0.3, -0.25) is 4.98 Å². The van der Waals surface area contributed by atoms with Crippen LogP contribution in [0.4, 0.5) is 0 Å². The van der Waals surface area contributed by atoms with Crippen LogP contribution in [-0.4, -0.2) is 11.5 Å². The van der Waals surface area contributed by atoms with Gasteiger partial charge in [-0.2, -0.15) is 0 Å². The second-order valence-corrected chi connectivity index (χ2v) is 5.00. The Morgan fingerprint density at radius 2 is 1.79 bits per heavy atom. The first kappa shape index (κ1) is 13.8. The molecule has 0 radical (unpaired) electrons. The van der Waals surface area contributed by atoms with Gasteiger partial charge in [0.2, 0.25) is 0 Å². The number of hydrogen-bond acceptors (Lipinski definition) is 2. The summed E-state index contributed by atoms with van der Waals surface area (Å²) in [5.41, 5.74) is 4.72. The van der Waals surface area contributed by atoms with E-state index in [1.54, 1.807) is 0 Å². The average Bonchev–Trinajstić information content (AvgIpc) is 2.41. The van der Waals surface area contributed by atoms with E-state index < -0.39 is 0 Å². The summed E-state index contributed by atoms with van der Waals surface area (Å²) in [5, 5.41) is 3.59. The van der Waals surface area contributed by atoms with Gasteiger partial charge in [-0.25, -0.2) is 0 Å². The zero-order valence-electron chi connectivity index (χ0n) is 12.0. The molecule has 1 N–H and O–H groups in total. The van der Waals surface area contributed by atoms with Gasteiger partial charge in [-0.1, -0.05) is 42.8 Å². The first-order chi connectivity index (χ1) is 9.20. The zero-order valence-corrected chi connectivity index (χ0v) is 12.0. The van der Waals surface area contributed by atoms with Crippen LogP contribution in [0.25, 0.3) is 0 Å². The third kappa shape index (κ3) is 3.65. The highest BCUT2D eigenvalue weighted by Crippen LogP contribution is 2.21. The Morgan fingerprint density at radius 3 is 2.42 bits per heavy atom. The summed E-state index contributed by atoms with van der Waals surface area (Å²) in [7, 11) is 0. The van der Waals surface area contributed by atoms with Crippen molar-refractivity contribution in [2.45, 2.75) is 33.2 Å². The number of aryl methyl sites for hydroxylation is 2. The number of hydrogen-bond donors (Lipinski definition) is 1. The molecule has 2 nitrogen and oxygen atoms in total. The molecule has 0 spiro atoms. The van der Waals surface area contributed by atoms with Gasteiger partial charge in [0.1, 0.15) is 0 Å². The maximum absolute atomic E-state index is 4.66. The highest BCUT2D eigenvalue weighted by molar-refractivity contribution is 5.30. The molecule has 0 aliphatic rings. The van der Waals surface area contributed by atoms with Crippen molar-refractivity contribution in [3.63, 3.8) is 0 Å². The number of nitrogens with zero attached hydrogens (tertiary/aromatic N) is 1. The largest absolute Gasteiger partial charge is 0.305 e. The Balaban J connectivity index is 2.32. The molecule has 0 bridgehead atoms. The molecule has 0 saturated carbocycles. The van der Waals surface area contributed by atoms with E-state index in [0.717, 1.165) is 24.4 Å². The van der Waals surface area contributed by atoms with Crippen molar-refractivity contribution in [1.29, 1.82) is 0 Å². The van der Waals surface area contributed by atoms with Gasteiger partial charge in [0.25, 0.3) is 0 Å². The molecule has 100 valence electrons. The van der Waals surface area contributed by atoms with Gasteiger partial charge in [-0.05, 0) is 44.5 Å². The molecule has 0 fully saturated rings. The van der Waals surface area contributed by atoms with E-state index in [2.05, 4.69) is 60.5 Å². The van der Waals surface area contributed by atoms with Gasteiger partial charge < -0.3 is 5.32 Å². The van der Waals surface area contributed by atoms with Crippen molar-refractivity contribution in [3.8, 4) is 0 Å². The number of benzene rings is 1. The molecular formula is C17H22N2. The minimum Gasteiger partial charge on any atom is -0.305 e. The Hall–Kier alpha value is -1.67. The lowest BCUT2D eigenvalue weighted by Gasteiger charge is -2.19. The summed E-state index contributed by atoms with van der Waals surface area (Å²) in [6, 6.07) is 15.1. The third-order valence-corrected chi connectivity index (χ3v) is 3.21. The number of pyridine rings is 1. The SMILES string of the molecule is CCCNC(c1ccc(C)cc1)c1cccc(C)n1. The summed E-state index contributed by atoms with van der Waals surface area (Å²) in [6.45, 7) is 7.33. The van der Waals surface area contributed by atoms with Crippen LogP contribution in [0.5, 0.6) is 0 Å². The maximum Gasteiger partial charge on any atom is 0.0751 e. The highest BCUT2D eigenvalue weighted by Gasteiger charge is 2.14. The predicted octanol–water partition coefficient (Wildman–Crippen LogP) is 3.79. The molecule has 19 heavy (non-hydrogen) atoms. The minimum absolute atomic E-state index is 0.181. The molecule has 0 aliphatic heterocycles. The minimum atomic E-state index is 0.181. The monoisotopic (exact) mass is 254 g/mol. The average molecular weight is 254 g/mol. The maximum atomic E-state index is 4.66. The Kier molecular flexibility index (Phi) is 4.69. The van der Waals surface area contributed by atoms with Crippen molar-refractivity contribution in [2.75, 3.05) is 6.54 Å². The van der Waals surface area contributed by atoms with Crippen LogP contribution in [0.3, 0.4) is 0 Å².